The van der Waals surface area contributed by atoms with Crippen molar-refractivity contribution in [3.63, 3.8) is 0 Å². The summed E-state index contributed by atoms with van der Waals surface area (Å²) in [5.74, 6) is -4.15. The third-order valence-corrected chi connectivity index (χ3v) is 5.13. The monoisotopic (exact) mass is 477 g/mol. The number of hydrogen-bond donors (Lipinski definition) is 2. The summed E-state index contributed by atoms with van der Waals surface area (Å²) < 4.78 is 61.6. The number of aromatic carboxylic acids is 1. The number of ether oxygens (including phenoxy) is 2. The second kappa shape index (κ2) is 8.61. The molecule has 0 spiro atoms. The first kappa shape index (κ1) is 23.0. The van der Waals surface area contributed by atoms with Gasteiger partial charge in [0, 0.05) is 18.8 Å². The van der Waals surface area contributed by atoms with Crippen LogP contribution >= 0.6 is 0 Å². The van der Waals surface area contributed by atoms with Crippen LogP contribution in [-0.4, -0.2) is 39.9 Å². The molecule has 0 bridgehead atoms. The van der Waals surface area contributed by atoms with Gasteiger partial charge in [-0.25, -0.2) is 9.18 Å². The van der Waals surface area contributed by atoms with Crippen LogP contribution in [0, 0.1) is 5.82 Å². The number of carbonyl (C=O) groups is 2. The van der Waals surface area contributed by atoms with Crippen LogP contribution < -0.4 is 14.8 Å². The second-order valence-corrected chi connectivity index (χ2v) is 7.24. The van der Waals surface area contributed by atoms with Gasteiger partial charge in [-0.15, -0.1) is 13.2 Å². The zero-order valence-corrected chi connectivity index (χ0v) is 17.1. The van der Waals surface area contributed by atoms with E-state index in [4.69, 9.17) is 4.74 Å². The molecule has 176 valence electrons. The Kier molecular flexibility index (Phi) is 5.82. The molecule has 0 fully saturated rings. The lowest BCUT2D eigenvalue weighted by atomic mass is 9.81. The summed E-state index contributed by atoms with van der Waals surface area (Å²) in [6, 6.07) is 8.20. The predicted octanol–water partition coefficient (Wildman–Crippen LogP) is 3.67. The molecular weight excluding hydrogens is 462 g/mol. The van der Waals surface area contributed by atoms with Crippen molar-refractivity contribution in [3.8, 4) is 11.5 Å². The number of carbonyl (C=O) groups excluding carboxylic acids is 1. The summed E-state index contributed by atoms with van der Waals surface area (Å²) in [4.78, 5) is 32.5. The highest BCUT2D eigenvalue weighted by molar-refractivity contribution is 5.96. The number of carboxylic acids is 1. The van der Waals surface area contributed by atoms with Crippen molar-refractivity contribution in [2.45, 2.75) is 18.3 Å². The van der Waals surface area contributed by atoms with E-state index >= 15 is 0 Å². The molecule has 0 unspecified atom stereocenters. The predicted molar refractivity (Wildman–Crippen MR) is 107 cm³/mol. The summed E-state index contributed by atoms with van der Waals surface area (Å²) in [6.45, 7) is 0.0595. The van der Waals surface area contributed by atoms with E-state index < -0.39 is 35.3 Å². The maximum atomic E-state index is 14.6. The Bertz CT molecular complexity index is 1270. The van der Waals surface area contributed by atoms with E-state index in [0.29, 0.717) is 0 Å². The second-order valence-electron chi connectivity index (χ2n) is 7.24. The highest BCUT2D eigenvalue weighted by Gasteiger charge is 2.43. The van der Waals surface area contributed by atoms with Gasteiger partial charge in [-0.1, -0.05) is 6.07 Å². The molecule has 1 atom stereocenters. The van der Waals surface area contributed by atoms with Crippen LogP contribution in [0.4, 0.5) is 17.6 Å². The van der Waals surface area contributed by atoms with Gasteiger partial charge in [0.15, 0.2) is 11.6 Å². The average Bonchev–Trinajstić information content (AvgIpc) is 2.80. The van der Waals surface area contributed by atoms with E-state index in [1.165, 1.54) is 18.3 Å². The van der Waals surface area contributed by atoms with E-state index in [1.54, 1.807) is 12.1 Å². The highest BCUT2D eigenvalue weighted by Crippen LogP contribution is 2.42. The van der Waals surface area contributed by atoms with Crippen molar-refractivity contribution < 1.29 is 41.7 Å². The number of rotatable bonds is 5. The molecule has 4 rings (SSSR count). The summed E-state index contributed by atoms with van der Waals surface area (Å²) in [7, 11) is 0. The lowest BCUT2D eigenvalue weighted by Gasteiger charge is -2.39. The Morgan fingerprint density at radius 1 is 1.12 bits per heavy atom. The Morgan fingerprint density at radius 2 is 1.91 bits per heavy atom. The Labute approximate surface area is 189 Å². The van der Waals surface area contributed by atoms with Gasteiger partial charge in [0.05, 0.1) is 12.2 Å². The van der Waals surface area contributed by atoms with Crippen molar-refractivity contribution in [1.82, 2.24) is 15.3 Å². The molecule has 0 saturated carbocycles. The summed E-state index contributed by atoms with van der Waals surface area (Å²) in [5.41, 5.74) is -1.68. The van der Waals surface area contributed by atoms with E-state index in [1.807, 2.05) is 0 Å². The van der Waals surface area contributed by atoms with Gasteiger partial charge < -0.3 is 19.9 Å². The number of aromatic nitrogens is 2. The van der Waals surface area contributed by atoms with E-state index in [9.17, 15) is 32.3 Å². The SMILES string of the molecule is O=C(O)c1ccnc(C(=O)N[C@]2(c3ccc(OC(F)(F)F)c(F)c3)CCOc3cccnc32)c1. The minimum Gasteiger partial charge on any atom is -0.491 e. The van der Waals surface area contributed by atoms with Crippen LogP contribution in [0.1, 0.15) is 38.5 Å². The third-order valence-electron chi connectivity index (χ3n) is 5.13. The Balaban J connectivity index is 1.80. The number of halogens is 4. The molecule has 1 amide bonds. The van der Waals surface area contributed by atoms with Gasteiger partial charge in [0.25, 0.3) is 5.91 Å². The fourth-order valence-corrected chi connectivity index (χ4v) is 3.65. The molecular formula is C22H15F4N3O5. The van der Waals surface area contributed by atoms with Gasteiger partial charge in [0.1, 0.15) is 22.7 Å². The van der Waals surface area contributed by atoms with Crippen LogP contribution in [0.5, 0.6) is 11.5 Å². The molecule has 8 nitrogen and oxygen atoms in total. The normalized spacial score (nSPS) is 17.3. The van der Waals surface area contributed by atoms with Crippen molar-refractivity contribution in [2.24, 2.45) is 0 Å². The number of fused-ring (bicyclic) bond motifs is 1. The summed E-state index contributed by atoms with van der Waals surface area (Å²) in [6.07, 6.45) is -2.50. The molecule has 3 aromatic rings. The number of nitrogens with one attached hydrogen (secondary N) is 1. The van der Waals surface area contributed by atoms with Gasteiger partial charge in [0.2, 0.25) is 0 Å². The molecule has 2 aromatic heterocycles. The number of alkyl halides is 3. The third kappa shape index (κ3) is 4.47. The van der Waals surface area contributed by atoms with Crippen LogP contribution in [0.2, 0.25) is 0 Å². The van der Waals surface area contributed by atoms with E-state index in [2.05, 4.69) is 20.0 Å². The standard InChI is InChI=1S/C22H15F4N3O5/c23-14-11-13(3-4-16(14)34-22(24,25)26)21(6-9-33-17-2-1-7-28-18(17)21)29-19(30)15-10-12(20(31)32)5-8-27-15/h1-5,7-8,10-11H,6,9H2,(H,29,30)(H,31,32)/t21-/m0/s1. The van der Waals surface area contributed by atoms with Gasteiger partial charge in [-0.2, -0.15) is 0 Å². The van der Waals surface area contributed by atoms with Gasteiger partial charge in [-0.3, -0.25) is 14.8 Å². The van der Waals surface area contributed by atoms with Gasteiger partial charge >= 0.3 is 12.3 Å². The number of benzene rings is 1. The molecule has 0 radical (unpaired) electrons. The fourth-order valence-electron chi connectivity index (χ4n) is 3.65. The van der Waals surface area contributed by atoms with Gasteiger partial charge in [-0.05, 0) is 42.0 Å². The fraction of sp³-hybridized carbons (Fsp3) is 0.182. The zero-order chi connectivity index (χ0) is 24.5. The molecule has 1 aliphatic rings. The maximum Gasteiger partial charge on any atom is 0.573 e. The Hall–Kier alpha value is -4.22. The number of carboxylic acid groups (broad SMARTS) is 1. The minimum atomic E-state index is -5.10. The first-order valence-electron chi connectivity index (χ1n) is 9.75. The van der Waals surface area contributed by atoms with Crippen LogP contribution in [0.3, 0.4) is 0 Å². The molecule has 0 saturated heterocycles. The van der Waals surface area contributed by atoms with Crippen molar-refractivity contribution in [3.05, 3.63) is 83.2 Å². The number of pyridine rings is 2. The van der Waals surface area contributed by atoms with Crippen LogP contribution in [0.15, 0.2) is 54.9 Å². The lowest BCUT2D eigenvalue weighted by Crippen LogP contribution is -2.50. The van der Waals surface area contributed by atoms with Crippen molar-refractivity contribution >= 4 is 11.9 Å². The quantitative estimate of drug-likeness (QED) is 0.540. The molecule has 12 heteroatoms. The molecule has 1 aromatic carbocycles. The molecule has 0 aliphatic carbocycles. The average molecular weight is 477 g/mol. The Morgan fingerprint density at radius 3 is 2.62 bits per heavy atom. The first-order valence-corrected chi connectivity index (χ1v) is 9.75. The van der Waals surface area contributed by atoms with E-state index in [0.717, 1.165) is 24.4 Å². The number of hydrogen-bond acceptors (Lipinski definition) is 6. The molecule has 2 N–H and O–H groups in total. The van der Waals surface area contributed by atoms with Crippen molar-refractivity contribution in [2.75, 3.05) is 6.61 Å². The molecule has 34 heavy (non-hydrogen) atoms. The largest absolute Gasteiger partial charge is 0.573 e. The minimum absolute atomic E-state index is 0.0420. The first-order chi connectivity index (χ1) is 16.1. The number of amides is 1. The maximum absolute atomic E-state index is 14.6. The van der Waals surface area contributed by atoms with Crippen LogP contribution in [0.25, 0.3) is 0 Å². The zero-order valence-electron chi connectivity index (χ0n) is 17.1. The summed E-state index contributed by atoms with van der Waals surface area (Å²) >= 11 is 0. The topological polar surface area (TPSA) is 111 Å². The molecule has 3 heterocycles. The molecule has 1 aliphatic heterocycles. The summed E-state index contributed by atoms with van der Waals surface area (Å²) in [5, 5.41) is 11.9. The van der Waals surface area contributed by atoms with Crippen LogP contribution in [-0.2, 0) is 5.54 Å². The highest BCUT2D eigenvalue weighted by atomic mass is 19.4. The smallest absolute Gasteiger partial charge is 0.491 e. The lowest BCUT2D eigenvalue weighted by molar-refractivity contribution is -0.275. The van der Waals surface area contributed by atoms with E-state index in [-0.39, 0.29) is 41.3 Å². The van der Waals surface area contributed by atoms with Crippen molar-refractivity contribution in [1.29, 1.82) is 0 Å². The number of nitrogens with zero attached hydrogens (tertiary/aromatic N) is 2.